The molecule has 3 nitrogen and oxygen atoms in total. The SMILES string of the molecule is CCNCc1cnc(NCC(C)C)c(Cl)c1. The van der Waals surface area contributed by atoms with Crippen molar-refractivity contribution in [2.75, 3.05) is 18.4 Å². The van der Waals surface area contributed by atoms with Crippen molar-refractivity contribution in [1.82, 2.24) is 10.3 Å². The molecule has 0 spiro atoms. The van der Waals surface area contributed by atoms with Crippen LogP contribution in [0, 0.1) is 5.92 Å². The van der Waals surface area contributed by atoms with Gasteiger partial charge in [0.15, 0.2) is 0 Å². The number of aromatic nitrogens is 1. The maximum atomic E-state index is 6.14. The Morgan fingerprint density at radius 3 is 2.75 bits per heavy atom. The highest BCUT2D eigenvalue weighted by atomic mass is 35.5. The van der Waals surface area contributed by atoms with E-state index in [9.17, 15) is 0 Å². The molecule has 1 aromatic heterocycles. The molecule has 0 saturated heterocycles. The molecule has 0 atom stereocenters. The zero-order valence-electron chi connectivity index (χ0n) is 10.2. The van der Waals surface area contributed by atoms with Gasteiger partial charge in [0.1, 0.15) is 5.82 Å². The predicted molar refractivity (Wildman–Crippen MR) is 70.0 cm³/mol. The first-order valence-electron chi connectivity index (χ1n) is 5.72. The van der Waals surface area contributed by atoms with E-state index in [1.807, 2.05) is 12.3 Å². The van der Waals surface area contributed by atoms with Crippen LogP contribution in [0.5, 0.6) is 0 Å². The van der Waals surface area contributed by atoms with Crippen molar-refractivity contribution in [2.45, 2.75) is 27.3 Å². The minimum Gasteiger partial charge on any atom is -0.369 e. The van der Waals surface area contributed by atoms with Gasteiger partial charge < -0.3 is 10.6 Å². The summed E-state index contributed by atoms with van der Waals surface area (Å²) in [4.78, 5) is 4.32. The average Bonchev–Trinajstić information content (AvgIpc) is 2.24. The number of nitrogens with one attached hydrogen (secondary N) is 2. The molecule has 0 aliphatic heterocycles. The quantitative estimate of drug-likeness (QED) is 0.804. The summed E-state index contributed by atoms with van der Waals surface area (Å²) < 4.78 is 0. The first-order valence-corrected chi connectivity index (χ1v) is 6.10. The van der Waals surface area contributed by atoms with Gasteiger partial charge >= 0.3 is 0 Å². The number of halogens is 1. The van der Waals surface area contributed by atoms with E-state index in [1.165, 1.54) is 0 Å². The minimum atomic E-state index is 0.583. The van der Waals surface area contributed by atoms with Crippen LogP contribution in [0.4, 0.5) is 5.82 Å². The third-order valence-corrected chi connectivity index (χ3v) is 2.44. The van der Waals surface area contributed by atoms with Crippen LogP contribution in [0.2, 0.25) is 5.02 Å². The van der Waals surface area contributed by atoms with Crippen LogP contribution in [0.25, 0.3) is 0 Å². The van der Waals surface area contributed by atoms with E-state index < -0.39 is 0 Å². The molecule has 0 aliphatic rings. The molecule has 2 N–H and O–H groups in total. The van der Waals surface area contributed by atoms with Gasteiger partial charge in [-0.05, 0) is 24.1 Å². The van der Waals surface area contributed by atoms with E-state index in [2.05, 4.69) is 36.4 Å². The van der Waals surface area contributed by atoms with Crippen molar-refractivity contribution in [1.29, 1.82) is 0 Å². The fourth-order valence-corrected chi connectivity index (χ4v) is 1.53. The summed E-state index contributed by atoms with van der Waals surface area (Å²) >= 11 is 6.14. The molecule has 90 valence electrons. The summed E-state index contributed by atoms with van der Waals surface area (Å²) in [5, 5.41) is 7.17. The Balaban J connectivity index is 2.60. The Bertz CT molecular complexity index is 326. The fraction of sp³-hybridized carbons (Fsp3) is 0.583. The van der Waals surface area contributed by atoms with E-state index in [-0.39, 0.29) is 0 Å². The molecular weight excluding hydrogens is 222 g/mol. The maximum Gasteiger partial charge on any atom is 0.144 e. The highest BCUT2D eigenvalue weighted by Crippen LogP contribution is 2.20. The van der Waals surface area contributed by atoms with Crippen molar-refractivity contribution < 1.29 is 0 Å². The van der Waals surface area contributed by atoms with Gasteiger partial charge in [-0.2, -0.15) is 0 Å². The van der Waals surface area contributed by atoms with Crippen LogP contribution in [0.15, 0.2) is 12.3 Å². The van der Waals surface area contributed by atoms with E-state index in [1.54, 1.807) is 0 Å². The lowest BCUT2D eigenvalue weighted by molar-refractivity contribution is 0.686. The first-order chi connectivity index (χ1) is 7.63. The van der Waals surface area contributed by atoms with Gasteiger partial charge in [-0.25, -0.2) is 4.98 Å². The summed E-state index contributed by atoms with van der Waals surface area (Å²) in [6, 6.07) is 1.96. The molecule has 0 aliphatic carbocycles. The van der Waals surface area contributed by atoms with E-state index >= 15 is 0 Å². The van der Waals surface area contributed by atoms with Crippen LogP contribution in [0.3, 0.4) is 0 Å². The standard InChI is InChI=1S/C12H20ClN3/c1-4-14-7-10-5-11(13)12(16-8-10)15-6-9(2)3/h5,8-9,14H,4,6-7H2,1-3H3,(H,15,16). The summed E-state index contributed by atoms with van der Waals surface area (Å²) in [5.74, 6) is 1.36. The highest BCUT2D eigenvalue weighted by Gasteiger charge is 2.03. The number of pyridine rings is 1. The molecular formula is C12H20ClN3. The molecule has 1 heterocycles. The topological polar surface area (TPSA) is 37.0 Å². The Morgan fingerprint density at radius 1 is 1.44 bits per heavy atom. The van der Waals surface area contributed by atoms with Gasteiger partial charge in [-0.15, -0.1) is 0 Å². The van der Waals surface area contributed by atoms with Gasteiger partial charge in [0, 0.05) is 19.3 Å². The average molecular weight is 242 g/mol. The van der Waals surface area contributed by atoms with Gasteiger partial charge in [0.05, 0.1) is 5.02 Å². The summed E-state index contributed by atoms with van der Waals surface area (Å²) in [6.07, 6.45) is 1.86. The number of anilines is 1. The van der Waals surface area contributed by atoms with Gasteiger partial charge in [-0.1, -0.05) is 32.4 Å². The van der Waals surface area contributed by atoms with Crippen molar-refractivity contribution in [3.63, 3.8) is 0 Å². The van der Waals surface area contributed by atoms with Crippen molar-refractivity contribution in [2.24, 2.45) is 5.92 Å². The van der Waals surface area contributed by atoms with Crippen LogP contribution in [-0.2, 0) is 6.54 Å². The van der Waals surface area contributed by atoms with Gasteiger partial charge in [0.25, 0.3) is 0 Å². The third kappa shape index (κ3) is 4.37. The van der Waals surface area contributed by atoms with Gasteiger partial charge in [0.2, 0.25) is 0 Å². The van der Waals surface area contributed by atoms with Crippen molar-refractivity contribution in [3.05, 3.63) is 22.8 Å². The van der Waals surface area contributed by atoms with Crippen LogP contribution < -0.4 is 10.6 Å². The second-order valence-electron chi connectivity index (χ2n) is 4.23. The summed E-state index contributed by atoms with van der Waals surface area (Å²) in [5.41, 5.74) is 1.11. The van der Waals surface area contributed by atoms with Gasteiger partial charge in [-0.3, -0.25) is 0 Å². The lowest BCUT2D eigenvalue weighted by Gasteiger charge is -2.10. The second-order valence-corrected chi connectivity index (χ2v) is 4.64. The fourth-order valence-electron chi connectivity index (χ4n) is 1.27. The zero-order valence-corrected chi connectivity index (χ0v) is 10.9. The Labute approximate surface area is 103 Å². The molecule has 1 aromatic rings. The van der Waals surface area contributed by atoms with Crippen LogP contribution in [-0.4, -0.2) is 18.1 Å². The number of hydrogen-bond acceptors (Lipinski definition) is 3. The van der Waals surface area contributed by atoms with Crippen LogP contribution >= 0.6 is 11.6 Å². The monoisotopic (exact) mass is 241 g/mol. The zero-order chi connectivity index (χ0) is 12.0. The molecule has 0 unspecified atom stereocenters. The molecule has 0 radical (unpaired) electrons. The van der Waals surface area contributed by atoms with E-state index in [0.29, 0.717) is 10.9 Å². The van der Waals surface area contributed by atoms with Crippen LogP contribution in [0.1, 0.15) is 26.3 Å². The van der Waals surface area contributed by atoms with Crippen molar-refractivity contribution in [3.8, 4) is 0 Å². The first kappa shape index (κ1) is 13.3. The number of nitrogens with zero attached hydrogens (tertiary/aromatic N) is 1. The molecule has 0 saturated carbocycles. The predicted octanol–water partition coefficient (Wildman–Crippen LogP) is 2.91. The summed E-state index contributed by atoms with van der Waals surface area (Å²) in [7, 11) is 0. The molecule has 0 amide bonds. The molecule has 0 aromatic carbocycles. The van der Waals surface area contributed by atoms with E-state index in [0.717, 1.165) is 31.0 Å². The molecule has 16 heavy (non-hydrogen) atoms. The Morgan fingerprint density at radius 2 is 2.19 bits per heavy atom. The second kappa shape index (κ2) is 6.71. The molecule has 4 heteroatoms. The minimum absolute atomic E-state index is 0.583. The highest BCUT2D eigenvalue weighted by molar-refractivity contribution is 6.32. The molecule has 0 bridgehead atoms. The smallest absolute Gasteiger partial charge is 0.144 e. The normalized spacial score (nSPS) is 10.8. The number of rotatable bonds is 6. The maximum absolute atomic E-state index is 6.14. The molecule has 0 fully saturated rings. The Kier molecular flexibility index (Phi) is 5.56. The largest absolute Gasteiger partial charge is 0.369 e. The lowest BCUT2D eigenvalue weighted by Crippen LogP contribution is -2.13. The number of hydrogen-bond donors (Lipinski definition) is 2. The summed E-state index contributed by atoms with van der Waals surface area (Å²) in [6.45, 7) is 9.03. The lowest BCUT2D eigenvalue weighted by atomic mass is 10.2. The van der Waals surface area contributed by atoms with E-state index in [4.69, 9.17) is 11.6 Å². The Hall–Kier alpha value is -0.800. The van der Waals surface area contributed by atoms with Crippen molar-refractivity contribution >= 4 is 17.4 Å². The third-order valence-electron chi connectivity index (χ3n) is 2.15. The molecule has 1 rings (SSSR count).